The standard InChI is InChI=1S/C16H22N2O2/c1-4-18-13(10-12(3)17-18)11-15(19)14-8-6-7-9-16(14)20-5-2/h6-10,15,19H,4-5,11H2,1-3H3. The van der Waals surface area contributed by atoms with E-state index in [1.54, 1.807) is 0 Å². The van der Waals surface area contributed by atoms with Gasteiger partial charge in [0.05, 0.1) is 18.4 Å². The molecule has 2 rings (SSSR count). The maximum atomic E-state index is 10.5. The van der Waals surface area contributed by atoms with Crippen molar-refractivity contribution < 1.29 is 9.84 Å². The molecule has 4 heteroatoms. The molecule has 0 spiro atoms. The van der Waals surface area contributed by atoms with Crippen LogP contribution in [0.1, 0.15) is 36.9 Å². The van der Waals surface area contributed by atoms with E-state index in [0.29, 0.717) is 13.0 Å². The SMILES string of the molecule is CCOc1ccccc1C(O)Cc1cc(C)nn1CC. The average Bonchev–Trinajstić information content (AvgIpc) is 2.79. The Morgan fingerprint density at radius 1 is 1.30 bits per heavy atom. The summed E-state index contributed by atoms with van der Waals surface area (Å²) >= 11 is 0. The molecule has 0 fully saturated rings. The molecule has 1 heterocycles. The van der Waals surface area contributed by atoms with Crippen LogP contribution in [0.4, 0.5) is 0 Å². The molecule has 1 aromatic heterocycles. The van der Waals surface area contributed by atoms with E-state index in [9.17, 15) is 5.11 Å². The van der Waals surface area contributed by atoms with Crippen LogP contribution >= 0.6 is 0 Å². The highest BCUT2D eigenvalue weighted by atomic mass is 16.5. The molecule has 0 radical (unpaired) electrons. The molecular weight excluding hydrogens is 252 g/mol. The third-order valence-electron chi connectivity index (χ3n) is 3.27. The Balaban J connectivity index is 2.21. The minimum Gasteiger partial charge on any atom is -0.493 e. The zero-order chi connectivity index (χ0) is 14.5. The van der Waals surface area contributed by atoms with Crippen LogP contribution in [0.15, 0.2) is 30.3 Å². The number of para-hydroxylation sites is 1. The van der Waals surface area contributed by atoms with Gasteiger partial charge in [-0.25, -0.2) is 0 Å². The third kappa shape index (κ3) is 3.20. The summed E-state index contributed by atoms with van der Waals surface area (Å²) in [5.74, 6) is 0.752. The third-order valence-corrected chi connectivity index (χ3v) is 3.27. The summed E-state index contributed by atoms with van der Waals surface area (Å²) in [5.41, 5.74) is 2.85. The van der Waals surface area contributed by atoms with E-state index in [4.69, 9.17) is 4.74 Å². The molecule has 0 aliphatic rings. The first kappa shape index (κ1) is 14.6. The molecule has 0 bridgehead atoms. The number of nitrogens with zero attached hydrogens (tertiary/aromatic N) is 2. The summed E-state index contributed by atoms with van der Waals surface area (Å²) in [6.45, 7) is 7.37. The molecule has 108 valence electrons. The van der Waals surface area contributed by atoms with Gasteiger partial charge in [0.15, 0.2) is 0 Å². The lowest BCUT2D eigenvalue weighted by Crippen LogP contribution is -2.09. The van der Waals surface area contributed by atoms with Gasteiger partial charge in [-0.15, -0.1) is 0 Å². The van der Waals surface area contributed by atoms with E-state index in [-0.39, 0.29) is 0 Å². The average molecular weight is 274 g/mol. The zero-order valence-corrected chi connectivity index (χ0v) is 12.3. The quantitative estimate of drug-likeness (QED) is 0.881. The topological polar surface area (TPSA) is 47.3 Å². The second-order valence-electron chi connectivity index (χ2n) is 4.78. The fraction of sp³-hybridized carbons (Fsp3) is 0.438. The molecule has 1 unspecified atom stereocenters. The summed E-state index contributed by atoms with van der Waals surface area (Å²) in [4.78, 5) is 0. The van der Waals surface area contributed by atoms with E-state index >= 15 is 0 Å². The highest BCUT2D eigenvalue weighted by molar-refractivity contribution is 5.35. The van der Waals surface area contributed by atoms with Crippen LogP contribution in [-0.4, -0.2) is 21.5 Å². The molecule has 4 nitrogen and oxygen atoms in total. The number of ether oxygens (including phenoxy) is 1. The molecule has 1 atom stereocenters. The summed E-state index contributed by atoms with van der Waals surface area (Å²) < 4.78 is 7.51. The van der Waals surface area contributed by atoms with E-state index < -0.39 is 6.10 Å². The molecule has 0 saturated heterocycles. The molecular formula is C16H22N2O2. The van der Waals surface area contributed by atoms with Gasteiger partial charge in [-0.2, -0.15) is 5.10 Å². The number of aryl methyl sites for hydroxylation is 2. The fourth-order valence-electron chi connectivity index (χ4n) is 2.39. The van der Waals surface area contributed by atoms with Gasteiger partial charge in [-0.3, -0.25) is 4.68 Å². The van der Waals surface area contributed by atoms with E-state index in [1.165, 1.54) is 0 Å². The van der Waals surface area contributed by atoms with Crippen molar-refractivity contribution in [3.05, 3.63) is 47.3 Å². The van der Waals surface area contributed by atoms with Crippen LogP contribution in [0.25, 0.3) is 0 Å². The second-order valence-corrected chi connectivity index (χ2v) is 4.78. The Morgan fingerprint density at radius 3 is 2.75 bits per heavy atom. The fourth-order valence-corrected chi connectivity index (χ4v) is 2.39. The van der Waals surface area contributed by atoms with Gasteiger partial charge in [0.25, 0.3) is 0 Å². The van der Waals surface area contributed by atoms with Crippen molar-refractivity contribution >= 4 is 0 Å². The van der Waals surface area contributed by atoms with Gasteiger partial charge in [-0.05, 0) is 32.9 Å². The lowest BCUT2D eigenvalue weighted by Gasteiger charge is -2.16. The molecule has 20 heavy (non-hydrogen) atoms. The van der Waals surface area contributed by atoms with Gasteiger partial charge in [0, 0.05) is 24.2 Å². The molecule has 0 aliphatic heterocycles. The largest absolute Gasteiger partial charge is 0.493 e. The van der Waals surface area contributed by atoms with Crippen LogP contribution in [0.3, 0.4) is 0 Å². The van der Waals surface area contributed by atoms with Gasteiger partial charge >= 0.3 is 0 Å². The Labute approximate surface area is 120 Å². The Kier molecular flexibility index (Phi) is 4.79. The van der Waals surface area contributed by atoms with Crippen LogP contribution in [0.5, 0.6) is 5.75 Å². The number of hydrogen-bond donors (Lipinski definition) is 1. The lowest BCUT2D eigenvalue weighted by atomic mass is 10.0. The number of rotatable bonds is 6. The predicted molar refractivity (Wildman–Crippen MR) is 78.9 cm³/mol. The molecule has 0 saturated carbocycles. The predicted octanol–water partition coefficient (Wildman–Crippen LogP) is 2.89. The first-order valence-corrected chi connectivity index (χ1v) is 7.08. The maximum Gasteiger partial charge on any atom is 0.125 e. The summed E-state index contributed by atoms with van der Waals surface area (Å²) in [7, 11) is 0. The minimum atomic E-state index is -0.584. The van der Waals surface area contributed by atoms with Gasteiger partial charge in [0.1, 0.15) is 5.75 Å². The number of aromatic nitrogens is 2. The lowest BCUT2D eigenvalue weighted by molar-refractivity contribution is 0.169. The summed E-state index contributed by atoms with van der Waals surface area (Å²) in [5, 5.41) is 14.9. The van der Waals surface area contributed by atoms with E-state index in [1.807, 2.05) is 48.9 Å². The zero-order valence-electron chi connectivity index (χ0n) is 12.3. The van der Waals surface area contributed by atoms with E-state index in [0.717, 1.165) is 29.2 Å². The molecule has 1 aromatic carbocycles. The first-order valence-electron chi connectivity index (χ1n) is 7.08. The number of benzene rings is 1. The normalized spacial score (nSPS) is 12.4. The van der Waals surface area contributed by atoms with Crippen molar-refractivity contribution in [1.29, 1.82) is 0 Å². The van der Waals surface area contributed by atoms with Crippen molar-refractivity contribution in [2.45, 2.75) is 39.8 Å². The van der Waals surface area contributed by atoms with Crippen molar-refractivity contribution in [2.75, 3.05) is 6.61 Å². The highest BCUT2D eigenvalue weighted by Gasteiger charge is 2.16. The van der Waals surface area contributed by atoms with Crippen molar-refractivity contribution in [3.63, 3.8) is 0 Å². The number of aliphatic hydroxyl groups excluding tert-OH is 1. The molecule has 0 aliphatic carbocycles. The van der Waals surface area contributed by atoms with Gasteiger partial charge in [0.2, 0.25) is 0 Å². The maximum absolute atomic E-state index is 10.5. The van der Waals surface area contributed by atoms with Crippen LogP contribution in [0.2, 0.25) is 0 Å². The Hall–Kier alpha value is -1.81. The number of hydrogen-bond acceptors (Lipinski definition) is 3. The van der Waals surface area contributed by atoms with Gasteiger partial charge in [-0.1, -0.05) is 18.2 Å². The van der Waals surface area contributed by atoms with Crippen molar-refractivity contribution in [1.82, 2.24) is 9.78 Å². The van der Waals surface area contributed by atoms with Gasteiger partial charge < -0.3 is 9.84 Å². The van der Waals surface area contributed by atoms with Crippen molar-refractivity contribution in [3.8, 4) is 5.75 Å². The second kappa shape index (κ2) is 6.57. The van der Waals surface area contributed by atoms with Crippen molar-refractivity contribution in [2.24, 2.45) is 0 Å². The Bertz CT molecular complexity index is 563. The first-order chi connectivity index (χ1) is 9.65. The molecule has 2 aromatic rings. The molecule has 0 amide bonds. The number of aliphatic hydroxyl groups is 1. The monoisotopic (exact) mass is 274 g/mol. The highest BCUT2D eigenvalue weighted by Crippen LogP contribution is 2.27. The van der Waals surface area contributed by atoms with Crippen LogP contribution in [0, 0.1) is 6.92 Å². The van der Waals surface area contributed by atoms with Crippen LogP contribution in [-0.2, 0) is 13.0 Å². The van der Waals surface area contributed by atoms with Crippen LogP contribution < -0.4 is 4.74 Å². The molecule has 1 N–H and O–H groups in total. The summed E-state index contributed by atoms with van der Waals surface area (Å²) in [6.07, 6.45) is -0.0437. The smallest absolute Gasteiger partial charge is 0.125 e. The summed E-state index contributed by atoms with van der Waals surface area (Å²) in [6, 6.07) is 9.67. The van der Waals surface area contributed by atoms with E-state index in [2.05, 4.69) is 12.0 Å². The Morgan fingerprint density at radius 2 is 2.05 bits per heavy atom. The minimum absolute atomic E-state index is 0.540.